The normalized spacial score (nSPS) is 10.1. The van der Waals surface area contributed by atoms with E-state index in [4.69, 9.17) is 9.47 Å². The summed E-state index contributed by atoms with van der Waals surface area (Å²) in [5.74, 6) is -1.18. The first-order valence-corrected chi connectivity index (χ1v) is 7.51. The number of ether oxygens (including phenoxy) is 2. The van der Waals surface area contributed by atoms with Gasteiger partial charge in [0.05, 0.1) is 5.56 Å². The third-order valence-electron chi connectivity index (χ3n) is 3.35. The van der Waals surface area contributed by atoms with Gasteiger partial charge in [0.25, 0.3) is 0 Å². The third kappa shape index (κ3) is 4.03. The number of rotatable bonds is 4. The van der Waals surface area contributed by atoms with E-state index in [-0.39, 0.29) is 17.1 Å². The first-order valence-electron chi connectivity index (χ1n) is 7.51. The lowest BCUT2D eigenvalue weighted by Crippen LogP contribution is -2.14. The van der Waals surface area contributed by atoms with E-state index in [0.717, 1.165) is 0 Å². The van der Waals surface area contributed by atoms with Gasteiger partial charge in [-0.3, -0.25) is 0 Å². The molecule has 0 heterocycles. The van der Waals surface area contributed by atoms with E-state index in [1.54, 1.807) is 60.7 Å². The lowest BCUT2D eigenvalue weighted by atomic mass is 10.2. The Morgan fingerprint density at radius 3 is 2.04 bits per heavy atom. The van der Waals surface area contributed by atoms with Gasteiger partial charge in [-0.2, -0.15) is 0 Å². The second-order valence-electron chi connectivity index (χ2n) is 5.14. The number of hydrogen-bond acceptors (Lipinski definition) is 5. The second kappa shape index (κ2) is 7.31. The average Bonchev–Trinajstić information content (AvgIpc) is 2.63. The molecule has 0 aliphatic carbocycles. The second-order valence-corrected chi connectivity index (χ2v) is 5.14. The van der Waals surface area contributed by atoms with Crippen molar-refractivity contribution in [2.75, 3.05) is 0 Å². The van der Waals surface area contributed by atoms with Gasteiger partial charge >= 0.3 is 11.9 Å². The van der Waals surface area contributed by atoms with Crippen LogP contribution >= 0.6 is 0 Å². The minimum Gasteiger partial charge on any atom is -0.508 e. The first kappa shape index (κ1) is 16.3. The zero-order valence-electron chi connectivity index (χ0n) is 13.1. The van der Waals surface area contributed by atoms with Crippen molar-refractivity contribution in [1.82, 2.24) is 0 Å². The van der Waals surface area contributed by atoms with Gasteiger partial charge < -0.3 is 14.6 Å². The van der Waals surface area contributed by atoms with Crippen molar-refractivity contribution in [3.05, 3.63) is 90.0 Å². The summed E-state index contributed by atoms with van der Waals surface area (Å²) in [6, 6.07) is 20.7. The lowest BCUT2D eigenvalue weighted by molar-refractivity contribution is 0.0707. The summed E-state index contributed by atoms with van der Waals surface area (Å²) in [6.07, 6.45) is 0. The monoisotopic (exact) mass is 334 g/mol. The van der Waals surface area contributed by atoms with Crippen LogP contribution in [0.5, 0.6) is 17.2 Å². The van der Waals surface area contributed by atoms with Gasteiger partial charge in [-0.05, 0) is 36.4 Å². The highest BCUT2D eigenvalue weighted by Gasteiger charge is 2.19. The molecule has 0 radical (unpaired) electrons. The van der Waals surface area contributed by atoms with Gasteiger partial charge in [-0.25, -0.2) is 9.59 Å². The largest absolute Gasteiger partial charge is 0.508 e. The standard InChI is InChI=1S/C20H14O5/c21-15-11-12-17(20(23)24-16-9-5-2-6-10-16)18(13-15)25-19(22)14-7-3-1-4-8-14/h1-13,21H. The molecule has 0 bridgehead atoms. The van der Waals surface area contributed by atoms with Crippen LogP contribution in [0.4, 0.5) is 0 Å². The number of hydrogen-bond donors (Lipinski definition) is 1. The summed E-state index contributed by atoms with van der Waals surface area (Å²) in [5, 5.41) is 9.65. The average molecular weight is 334 g/mol. The quantitative estimate of drug-likeness (QED) is 0.580. The Kier molecular flexibility index (Phi) is 4.76. The Hall–Kier alpha value is -3.60. The maximum atomic E-state index is 12.4. The van der Waals surface area contributed by atoms with Crippen LogP contribution in [0.2, 0.25) is 0 Å². The Morgan fingerprint density at radius 1 is 0.720 bits per heavy atom. The van der Waals surface area contributed by atoms with E-state index in [0.29, 0.717) is 11.3 Å². The van der Waals surface area contributed by atoms with Crippen LogP contribution in [-0.4, -0.2) is 17.0 Å². The zero-order chi connectivity index (χ0) is 17.6. The van der Waals surface area contributed by atoms with Crippen molar-refractivity contribution in [2.45, 2.75) is 0 Å². The van der Waals surface area contributed by atoms with Crippen LogP contribution < -0.4 is 9.47 Å². The molecule has 3 aromatic rings. The Bertz CT molecular complexity index is 888. The summed E-state index contributed by atoms with van der Waals surface area (Å²) in [6.45, 7) is 0. The van der Waals surface area contributed by atoms with Crippen molar-refractivity contribution in [3.8, 4) is 17.2 Å². The molecule has 0 amide bonds. The molecule has 25 heavy (non-hydrogen) atoms. The van der Waals surface area contributed by atoms with Crippen LogP contribution in [0.3, 0.4) is 0 Å². The maximum absolute atomic E-state index is 12.4. The van der Waals surface area contributed by atoms with Crippen LogP contribution in [-0.2, 0) is 0 Å². The van der Waals surface area contributed by atoms with E-state index in [9.17, 15) is 14.7 Å². The summed E-state index contributed by atoms with van der Waals surface area (Å²) < 4.78 is 10.5. The van der Waals surface area contributed by atoms with Crippen molar-refractivity contribution in [3.63, 3.8) is 0 Å². The summed E-state index contributed by atoms with van der Waals surface area (Å²) in [7, 11) is 0. The Labute approximate surface area is 144 Å². The summed E-state index contributed by atoms with van der Waals surface area (Å²) in [4.78, 5) is 24.6. The summed E-state index contributed by atoms with van der Waals surface area (Å²) in [5.41, 5.74) is 0.360. The minimum atomic E-state index is -0.693. The lowest BCUT2D eigenvalue weighted by Gasteiger charge is -2.10. The molecule has 5 nitrogen and oxygen atoms in total. The molecule has 0 spiro atoms. The SMILES string of the molecule is O=C(Oc1cc(O)ccc1C(=O)Oc1ccccc1)c1ccccc1. The van der Waals surface area contributed by atoms with E-state index < -0.39 is 11.9 Å². The minimum absolute atomic E-state index is 0.0333. The molecule has 124 valence electrons. The van der Waals surface area contributed by atoms with Gasteiger partial charge in [-0.1, -0.05) is 36.4 Å². The zero-order valence-corrected chi connectivity index (χ0v) is 13.1. The van der Waals surface area contributed by atoms with Gasteiger partial charge in [0.15, 0.2) is 0 Å². The maximum Gasteiger partial charge on any atom is 0.347 e. The molecule has 0 aliphatic heterocycles. The topological polar surface area (TPSA) is 72.8 Å². The highest BCUT2D eigenvalue weighted by atomic mass is 16.5. The van der Waals surface area contributed by atoms with E-state index >= 15 is 0 Å². The van der Waals surface area contributed by atoms with Crippen LogP contribution in [0.1, 0.15) is 20.7 Å². The van der Waals surface area contributed by atoms with Gasteiger partial charge in [-0.15, -0.1) is 0 Å². The Balaban J connectivity index is 1.85. The highest BCUT2D eigenvalue weighted by molar-refractivity contribution is 5.97. The fourth-order valence-corrected chi connectivity index (χ4v) is 2.15. The molecular weight excluding hydrogens is 320 g/mol. The molecule has 3 rings (SSSR count). The van der Waals surface area contributed by atoms with Crippen LogP contribution in [0.25, 0.3) is 0 Å². The Morgan fingerprint density at radius 2 is 1.36 bits per heavy atom. The summed E-state index contributed by atoms with van der Waals surface area (Å²) >= 11 is 0. The smallest absolute Gasteiger partial charge is 0.347 e. The number of carbonyl (C=O) groups excluding carboxylic acids is 2. The molecule has 0 aliphatic rings. The third-order valence-corrected chi connectivity index (χ3v) is 3.35. The fraction of sp³-hybridized carbons (Fsp3) is 0. The number of phenols is 1. The van der Waals surface area contributed by atoms with E-state index in [1.807, 2.05) is 0 Å². The molecule has 5 heteroatoms. The van der Waals surface area contributed by atoms with Gasteiger partial charge in [0.2, 0.25) is 0 Å². The van der Waals surface area contributed by atoms with Crippen molar-refractivity contribution in [2.24, 2.45) is 0 Å². The van der Waals surface area contributed by atoms with Crippen LogP contribution in [0, 0.1) is 0 Å². The molecule has 3 aromatic carbocycles. The van der Waals surface area contributed by atoms with Gasteiger partial charge in [0, 0.05) is 6.07 Å². The van der Waals surface area contributed by atoms with Crippen molar-refractivity contribution >= 4 is 11.9 Å². The molecule has 0 saturated heterocycles. The van der Waals surface area contributed by atoms with E-state index in [2.05, 4.69) is 0 Å². The number of benzene rings is 3. The van der Waals surface area contributed by atoms with Crippen LogP contribution in [0.15, 0.2) is 78.9 Å². The number of para-hydroxylation sites is 1. The predicted octanol–water partition coefficient (Wildman–Crippen LogP) is 3.83. The molecule has 0 saturated carbocycles. The van der Waals surface area contributed by atoms with Gasteiger partial charge in [0.1, 0.15) is 22.8 Å². The number of aromatic hydroxyl groups is 1. The number of phenolic OH excluding ortho intramolecular Hbond substituents is 1. The first-order chi connectivity index (χ1) is 12.1. The highest BCUT2D eigenvalue weighted by Crippen LogP contribution is 2.26. The molecule has 0 unspecified atom stereocenters. The van der Waals surface area contributed by atoms with Crippen molar-refractivity contribution in [1.29, 1.82) is 0 Å². The molecule has 0 fully saturated rings. The fourth-order valence-electron chi connectivity index (χ4n) is 2.15. The molecule has 0 atom stereocenters. The number of esters is 2. The molecule has 0 aromatic heterocycles. The number of carbonyl (C=O) groups is 2. The molecular formula is C20H14O5. The molecule has 1 N–H and O–H groups in total. The van der Waals surface area contributed by atoms with E-state index in [1.165, 1.54) is 18.2 Å². The van der Waals surface area contributed by atoms with Crippen molar-refractivity contribution < 1.29 is 24.2 Å². The predicted molar refractivity (Wildman–Crippen MR) is 90.9 cm³/mol.